The zero-order chi connectivity index (χ0) is 22.1. The number of likely N-dealkylation sites (tertiary alicyclic amines) is 2. The van der Waals surface area contributed by atoms with Crippen molar-refractivity contribution in [3.8, 4) is 0 Å². The standard InChI is InChI=1S/C23H45N5O2/c1-7-27(22(29)30-23(3,4)5)18-20-10-14-28(15-11-20)21(24-6)25-16-19(2)17-26-12-8-9-13-26/h19-20H,7-18H2,1-6H3,(H,24,25). The maximum Gasteiger partial charge on any atom is 0.410 e. The zero-order valence-electron chi connectivity index (χ0n) is 20.2. The molecule has 0 radical (unpaired) electrons. The first-order valence-corrected chi connectivity index (χ1v) is 11.9. The van der Waals surface area contributed by atoms with E-state index in [9.17, 15) is 4.79 Å². The number of ether oxygens (including phenoxy) is 1. The van der Waals surface area contributed by atoms with Gasteiger partial charge in [0.05, 0.1) is 0 Å². The maximum absolute atomic E-state index is 12.4. The molecule has 2 aliphatic heterocycles. The van der Waals surface area contributed by atoms with E-state index in [0.717, 1.165) is 45.0 Å². The summed E-state index contributed by atoms with van der Waals surface area (Å²) < 4.78 is 5.55. The van der Waals surface area contributed by atoms with E-state index in [-0.39, 0.29) is 6.09 Å². The lowest BCUT2D eigenvalue weighted by atomic mass is 9.96. The second kappa shape index (κ2) is 11.8. The Labute approximate surface area is 184 Å². The van der Waals surface area contributed by atoms with Crippen LogP contribution in [0.15, 0.2) is 4.99 Å². The van der Waals surface area contributed by atoms with Gasteiger partial charge in [-0.15, -0.1) is 0 Å². The average Bonchev–Trinajstić information content (AvgIpc) is 3.19. The van der Waals surface area contributed by atoms with Crippen LogP contribution < -0.4 is 5.32 Å². The fraction of sp³-hybridized carbons (Fsp3) is 0.913. The minimum Gasteiger partial charge on any atom is -0.444 e. The van der Waals surface area contributed by atoms with Crippen molar-refractivity contribution in [1.82, 2.24) is 20.0 Å². The van der Waals surface area contributed by atoms with Crippen molar-refractivity contribution in [2.45, 2.75) is 65.9 Å². The number of nitrogens with zero attached hydrogens (tertiary/aromatic N) is 4. The van der Waals surface area contributed by atoms with Crippen molar-refractivity contribution in [2.24, 2.45) is 16.8 Å². The summed E-state index contributed by atoms with van der Waals surface area (Å²) in [5.74, 6) is 2.14. The van der Waals surface area contributed by atoms with Crippen LogP contribution >= 0.6 is 0 Å². The van der Waals surface area contributed by atoms with Gasteiger partial charge in [-0.2, -0.15) is 0 Å². The molecule has 1 atom stereocenters. The molecule has 0 spiro atoms. The number of rotatable bonds is 7. The molecule has 0 bridgehead atoms. The third-order valence-corrected chi connectivity index (χ3v) is 6.02. The molecule has 2 heterocycles. The molecular weight excluding hydrogens is 378 g/mol. The van der Waals surface area contributed by atoms with Crippen LogP contribution in [0.1, 0.15) is 60.3 Å². The minimum atomic E-state index is -0.446. The number of carbonyl (C=O) groups excluding carboxylic acids is 1. The van der Waals surface area contributed by atoms with Gasteiger partial charge in [0.2, 0.25) is 0 Å². The van der Waals surface area contributed by atoms with Gasteiger partial charge in [0.1, 0.15) is 5.60 Å². The number of hydrogen-bond donors (Lipinski definition) is 1. The van der Waals surface area contributed by atoms with Crippen LogP contribution in [-0.4, -0.2) is 91.8 Å². The van der Waals surface area contributed by atoms with Crippen LogP contribution in [0, 0.1) is 11.8 Å². The van der Waals surface area contributed by atoms with Gasteiger partial charge in [-0.25, -0.2) is 4.79 Å². The van der Waals surface area contributed by atoms with Gasteiger partial charge < -0.3 is 24.8 Å². The molecule has 2 aliphatic rings. The molecule has 2 rings (SSSR count). The van der Waals surface area contributed by atoms with E-state index in [2.05, 4.69) is 27.0 Å². The lowest BCUT2D eigenvalue weighted by Crippen LogP contribution is -2.49. The normalized spacial score (nSPS) is 20.3. The third kappa shape index (κ3) is 8.32. The summed E-state index contributed by atoms with van der Waals surface area (Å²) in [6.45, 7) is 18.2. The number of aliphatic imine (C=N–C) groups is 1. The second-order valence-electron chi connectivity index (χ2n) is 9.99. The van der Waals surface area contributed by atoms with E-state index >= 15 is 0 Å². The highest BCUT2D eigenvalue weighted by atomic mass is 16.6. The second-order valence-corrected chi connectivity index (χ2v) is 9.99. The molecule has 30 heavy (non-hydrogen) atoms. The average molecular weight is 424 g/mol. The van der Waals surface area contributed by atoms with Gasteiger partial charge in [0, 0.05) is 46.3 Å². The van der Waals surface area contributed by atoms with Crippen molar-refractivity contribution < 1.29 is 9.53 Å². The van der Waals surface area contributed by atoms with Crippen LogP contribution in [0.4, 0.5) is 4.79 Å². The molecular formula is C23H45N5O2. The fourth-order valence-corrected chi connectivity index (χ4v) is 4.37. The van der Waals surface area contributed by atoms with Crippen molar-refractivity contribution >= 4 is 12.1 Å². The molecule has 174 valence electrons. The van der Waals surface area contributed by atoms with E-state index < -0.39 is 5.60 Å². The summed E-state index contributed by atoms with van der Waals surface area (Å²) in [6.07, 6.45) is 4.64. The Morgan fingerprint density at radius 1 is 1.20 bits per heavy atom. The van der Waals surface area contributed by atoms with E-state index in [4.69, 9.17) is 4.74 Å². The lowest BCUT2D eigenvalue weighted by molar-refractivity contribution is 0.0214. The summed E-state index contributed by atoms with van der Waals surface area (Å²) >= 11 is 0. The summed E-state index contributed by atoms with van der Waals surface area (Å²) in [6, 6.07) is 0. The van der Waals surface area contributed by atoms with E-state index in [1.54, 1.807) is 0 Å². The Hall–Kier alpha value is -1.50. The van der Waals surface area contributed by atoms with E-state index in [1.165, 1.54) is 32.5 Å². The van der Waals surface area contributed by atoms with Crippen LogP contribution in [0.3, 0.4) is 0 Å². The van der Waals surface area contributed by atoms with Gasteiger partial charge in [0.15, 0.2) is 5.96 Å². The quantitative estimate of drug-likeness (QED) is 0.503. The number of hydrogen-bond acceptors (Lipinski definition) is 4. The molecule has 1 unspecified atom stereocenters. The van der Waals surface area contributed by atoms with Crippen molar-refractivity contribution in [3.05, 3.63) is 0 Å². The number of carbonyl (C=O) groups is 1. The minimum absolute atomic E-state index is 0.197. The van der Waals surface area contributed by atoms with Crippen LogP contribution in [0.5, 0.6) is 0 Å². The van der Waals surface area contributed by atoms with Crippen molar-refractivity contribution in [1.29, 1.82) is 0 Å². The predicted molar refractivity (Wildman–Crippen MR) is 124 cm³/mol. The highest BCUT2D eigenvalue weighted by Crippen LogP contribution is 2.20. The molecule has 0 aromatic rings. The lowest BCUT2D eigenvalue weighted by Gasteiger charge is -2.36. The molecule has 2 saturated heterocycles. The molecule has 0 aliphatic carbocycles. The van der Waals surface area contributed by atoms with Gasteiger partial charge in [-0.1, -0.05) is 6.92 Å². The summed E-state index contributed by atoms with van der Waals surface area (Å²) in [4.78, 5) is 23.7. The highest BCUT2D eigenvalue weighted by Gasteiger charge is 2.27. The van der Waals surface area contributed by atoms with Gasteiger partial charge in [-0.3, -0.25) is 4.99 Å². The number of guanidine groups is 1. The van der Waals surface area contributed by atoms with Crippen LogP contribution in [-0.2, 0) is 4.74 Å². The molecule has 0 aromatic heterocycles. The Morgan fingerprint density at radius 2 is 1.83 bits per heavy atom. The number of piperidine rings is 1. The van der Waals surface area contributed by atoms with E-state index in [0.29, 0.717) is 18.4 Å². The molecule has 0 saturated carbocycles. The summed E-state index contributed by atoms with van der Waals surface area (Å²) in [5, 5.41) is 3.59. The van der Waals surface area contributed by atoms with Crippen LogP contribution in [0.2, 0.25) is 0 Å². The topological polar surface area (TPSA) is 60.4 Å². The molecule has 2 fully saturated rings. The van der Waals surface area contributed by atoms with Gasteiger partial charge in [0.25, 0.3) is 0 Å². The van der Waals surface area contributed by atoms with Gasteiger partial charge in [-0.05, 0) is 78.3 Å². The largest absolute Gasteiger partial charge is 0.444 e. The number of amides is 1. The van der Waals surface area contributed by atoms with Crippen LogP contribution in [0.25, 0.3) is 0 Å². The highest BCUT2D eigenvalue weighted by molar-refractivity contribution is 5.80. The smallest absolute Gasteiger partial charge is 0.410 e. The first-order valence-electron chi connectivity index (χ1n) is 11.9. The first kappa shape index (κ1) is 24.8. The number of nitrogens with one attached hydrogen (secondary N) is 1. The third-order valence-electron chi connectivity index (χ3n) is 6.02. The summed E-state index contributed by atoms with van der Waals surface area (Å²) in [7, 11) is 1.88. The molecule has 0 aromatic carbocycles. The Bertz CT molecular complexity index is 546. The Kier molecular flexibility index (Phi) is 9.72. The first-order chi connectivity index (χ1) is 14.2. The van der Waals surface area contributed by atoms with Crippen molar-refractivity contribution in [2.75, 3.05) is 59.4 Å². The predicted octanol–water partition coefficient (Wildman–Crippen LogP) is 3.26. The zero-order valence-corrected chi connectivity index (χ0v) is 20.2. The molecule has 7 nitrogen and oxygen atoms in total. The molecule has 1 amide bonds. The fourth-order valence-electron chi connectivity index (χ4n) is 4.37. The summed E-state index contributed by atoms with van der Waals surface area (Å²) in [5.41, 5.74) is -0.446. The maximum atomic E-state index is 12.4. The molecule has 7 heteroatoms. The van der Waals surface area contributed by atoms with Gasteiger partial charge >= 0.3 is 6.09 Å². The Balaban J connectivity index is 1.74. The van der Waals surface area contributed by atoms with Crippen molar-refractivity contribution in [3.63, 3.8) is 0 Å². The van der Waals surface area contributed by atoms with E-state index in [1.807, 2.05) is 39.6 Å². The SMILES string of the molecule is CCN(CC1CCN(C(=NC)NCC(C)CN2CCCC2)CC1)C(=O)OC(C)(C)C. The Morgan fingerprint density at radius 3 is 2.37 bits per heavy atom. The monoisotopic (exact) mass is 423 g/mol. The molecule has 1 N–H and O–H groups in total.